The number of amides is 1. The minimum absolute atomic E-state index is 0.0551. The molecule has 0 saturated carbocycles. The summed E-state index contributed by atoms with van der Waals surface area (Å²) in [6.07, 6.45) is 0.345. The minimum Gasteiger partial charge on any atom is -0.490 e. The number of carbonyl (C=O) groups excluding carboxylic acids is 1. The lowest BCUT2D eigenvalue weighted by atomic mass is 10.1. The number of carbonyl (C=O) groups is 1. The summed E-state index contributed by atoms with van der Waals surface area (Å²) < 4.78 is 11.1. The van der Waals surface area contributed by atoms with Gasteiger partial charge in [0.25, 0.3) is 0 Å². The number of nitrogens with one attached hydrogen (secondary N) is 1. The predicted molar refractivity (Wildman–Crippen MR) is 92.3 cm³/mol. The molecule has 0 heterocycles. The maximum atomic E-state index is 12.2. The van der Waals surface area contributed by atoms with Gasteiger partial charge < -0.3 is 14.8 Å². The topological polar surface area (TPSA) is 47.6 Å². The molecule has 4 heteroatoms. The van der Waals surface area contributed by atoms with Gasteiger partial charge in [0.05, 0.1) is 19.6 Å². The van der Waals surface area contributed by atoms with Crippen LogP contribution in [-0.2, 0) is 11.2 Å². The van der Waals surface area contributed by atoms with Gasteiger partial charge in [-0.1, -0.05) is 29.8 Å². The molecule has 0 spiro atoms. The first-order valence-electron chi connectivity index (χ1n) is 7.87. The van der Waals surface area contributed by atoms with Crippen molar-refractivity contribution in [3.8, 4) is 11.5 Å². The van der Waals surface area contributed by atoms with E-state index in [9.17, 15) is 4.79 Å². The highest BCUT2D eigenvalue weighted by Crippen LogP contribution is 2.30. The molecule has 0 fully saturated rings. The zero-order valence-electron chi connectivity index (χ0n) is 13.9. The van der Waals surface area contributed by atoms with E-state index in [4.69, 9.17) is 9.47 Å². The molecular weight excluding hydrogens is 290 g/mol. The molecule has 0 aliphatic carbocycles. The zero-order chi connectivity index (χ0) is 16.7. The molecule has 2 aromatic rings. The fraction of sp³-hybridized carbons (Fsp3) is 0.316. The Morgan fingerprint density at radius 3 is 2.26 bits per heavy atom. The number of rotatable bonds is 7. The Hall–Kier alpha value is -2.49. The predicted octanol–water partition coefficient (Wildman–Crippen LogP) is 3.97. The van der Waals surface area contributed by atoms with Crippen LogP contribution in [0.2, 0.25) is 0 Å². The van der Waals surface area contributed by atoms with Gasteiger partial charge >= 0.3 is 0 Å². The van der Waals surface area contributed by atoms with Crippen molar-refractivity contribution in [3.05, 3.63) is 53.6 Å². The van der Waals surface area contributed by atoms with Crippen LogP contribution in [0.15, 0.2) is 42.5 Å². The van der Waals surface area contributed by atoms with Crippen LogP contribution in [0.3, 0.4) is 0 Å². The molecule has 0 aliphatic rings. The summed E-state index contributed by atoms with van der Waals surface area (Å²) in [4.78, 5) is 12.2. The Morgan fingerprint density at radius 2 is 1.61 bits per heavy atom. The molecule has 0 aromatic heterocycles. The first kappa shape index (κ1) is 16.9. The van der Waals surface area contributed by atoms with E-state index >= 15 is 0 Å². The van der Waals surface area contributed by atoms with Crippen LogP contribution in [0, 0.1) is 6.92 Å². The average Bonchev–Trinajstić information content (AvgIpc) is 2.52. The van der Waals surface area contributed by atoms with Crippen LogP contribution >= 0.6 is 0 Å². The number of hydrogen-bond acceptors (Lipinski definition) is 3. The molecule has 2 rings (SSSR count). The molecule has 4 nitrogen and oxygen atoms in total. The van der Waals surface area contributed by atoms with Crippen molar-refractivity contribution in [1.82, 2.24) is 0 Å². The van der Waals surface area contributed by atoms with Crippen LogP contribution < -0.4 is 14.8 Å². The molecule has 1 N–H and O–H groups in total. The molecule has 1 amide bonds. The van der Waals surface area contributed by atoms with E-state index in [1.165, 1.54) is 5.56 Å². The van der Waals surface area contributed by atoms with Crippen LogP contribution in [0.4, 0.5) is 5.69 Å². The second-order valence-electron chi connectivity index (χ2n) is 5.24. The number of hydrogen-bond donors (Lipinski definition) is 1. The summed E-state index contributed by atoms with van der Waals surface area (Å²) >= 11 is 0. The highest BCUT2D eigenvalue weighted by molar-refractivity contribution is 5.92. The van der Waals surface area contributed by atoms with Crippen molar-refractivity contribution in [1.29, 1.82) is 0 Å². The standard InChI is InChI=1S/C19H23NO3/c1-4-22-17-11-10-16(13-18(17)23-5-2)20-19(21)12-15-8-6-14(3)7-9-15/h6-11,13H,4-5,12H2,1-3H3,(H,20,21). The van der Waals surface area contributed by atoms with E-state index in [1.54, 1.807) is 6.07 Å². The van der Waals surface area contributed by atoms with Gasteiger partial charge in [-0.15, -0.1) is 0 Å². The minimum atomic E-state index is -0.0551. The lowest BCUT2D eigenvalue weighted by Gasteiger charge is -2.13. The normalized spacial score (nSPS) is 10.2. The lowest BCUT2D eigenvalue weighted by molar-refractivity contribution is -0.115. The molecule has 0 unspecified atom stereocenters. The number of aryl methyl sites for hydroxylation is 1. The Bertz CT molecular complexity index is 650. The largest absolute Gasteiger partial charge is 0.490 e. The van der Waals surface area contributed by atoms with Gasteiger partial charge in [-0.05, 0) is 38.5 Å². The van der Waals surface area contributed by atoms with Crippen LogP contribution in [0.25, 0.3) is 0 Å². The van der Waals surface area contributed by atoms with Crippen LogP contribution in [-0.4, -0.2) is 19.1 Å². The van der Waals surface area contributed by atoms with Gasteiger partial charge in [-0.2, -0.15) is 0 Å². The summed E-state index contributed by atoms with van der Waals surface area (Å²) in [5.74, 6) is 1.27. The van der Waals surface area contributed by atoms with E-state index in [1.807, 2.05) is 57.2 Å². The summed E-state index contributed by atoms with van der Waals surface area (Å²) in [5.41, 5.74) is 2.88. The van der Waals surface area contributed by atoms with Gasteiger partial charge in [0.2, 0.25) is 5.91 Å². The average molecular weight is 313 g/mol. The Kier molecular flexibility index (Phi) is 6.03. The summed E-state index contributed by atoms with van der Waals surface area (Å²) in [7, 11) is 0. The van der Waals surface area contributed by atoms with Gasteiger partial charge in [-0.25, -0.2) is 0 Å². The lowest BCUT2D eigenvalue weighted by Crippen LogP contribution is -2.14. The maximum Gasteiger partial charge on any atom is 0.228 e. The highest BCUT2D eigenvalue weighted by Gasteiger charge is 2.09. The molecule has 0 atom stereocenters. The van der Waals surface area contributed by atoms with Gasteiger partial charge in [-0.3, -0.25) is 4.79 Å². The third-order valence-electron chi connectivity index (χ3n) is 3.31. The summed E-state index contributed by atoms with van der Waals surface area (Å²) in [5, 5.41) is 2.90. The smallest absolute Gasteiger partial charge is 0.228 e. The van der Waals surface area contributed by atoms with Crippen molar-refractivity contribution in [2.45, 2.75) is 27.2 Å². The van der Waals surface area contributed by atoms with E-state index in [0.29, 0.717) is 36.8 Å². The van der Waals surface area contributed by atoms with Crippen molar-refractivity contribution in [2.75, 3.05) is 18.5 Å². The molecule has 0 saturated heterocycles. The van der Waals surface area contributed by atoms with Crippen molar-refractivity contribution in [3.63, 3.8) is 0 Å². The number of anilines is 1. The fourth-order valence-electron chi connectivity index (χ4n) is 2.23. The third-order valence-corrected chi connectivity index (χ3v) is 3.31. The monoisotopic (exact) mass is 313 g/mol. The van der Waals surface area contributed by atoms with Gasteiger partial charge in [0.1, 0.15) is 0 Å². The SMILES string of the molecule is CCOc1ccc(NC(=O)Cc2ccc(C)cc2)cc1OCC. The highest BCUT2D eigenvalue weighted by atomic mass is 16.5. The molecule has 0 aliphatic heterocycles. The molecular formula is C19H23NO3. The Labute approximate surface area is 137 Å². The molecule has 2 aromatic carbocycles. The zero-order valence-corrected chi connectivity index (χ0v) is 13.9. The molecule has 0 radical (unpaired) electrons. The van der Waals surface area contributed by atoms with Gasteiger partial charge in [0.15, 0.2) is 11.5 Å². The Morgan fingerprint density at radius 1 is 0.957 bits per heavy atom. The number of ether oxygens (including phenoxy) is 2. The Balaban J connectivity index is 2.05. The van der Waals surface area contributed by atoms with Crippen molar-refractivity contribution < 1.29 is 14.3 Å². The van der Waals surface area contributed by atoms with E-state index in [0.717, 1.165) is 5.56 Å². The summed E-state index contributed by atoms with van der Waals surface area (Å²) in [6, 6.07) is 13.4. The summed E-state index contributed by atoms with van der Waals surface area (Å²) in [6.45, 7) is 6.98. The van der Waals surface area contributed by atoms with Crippen LogP contribution in [0.1, 0.15) is 25.0 Å². The first-order chi connectivity index (χ1) is 11.1. The second-order valence-corrected chi connectivity index (χ2v) is 5.24. The van der Waals surface area contributed by atoms with Gasteiger partial charge in [0, 0.05) is 11.8 Å². The first-order valence-corrected chi connectivity index (χ1v) is 7.87. The molecule has 23 heavy (non-hydrogen) atoms. The van der Waals surface area contributed by atoms with E-state index in [2.05, 4.69) is 5.32 Å². The number of benzene rings is 2. The van der Waals surface area contributed by atoms with E-state index < -0.39 is 0 Å². The quantitative estimate of drug-likeness (QED) is 0.841. The molecule has 0 bridgehead atoms. The molecule has 122 valence electrons. The fourth-order valence-corrected chi connectivity index (χ4v) is 2.23. The second kappa shape index (κ2) is 8.22. The van der Waals surface area contributed by atoms with Crippen molar-refractivity contribution in [2.24, 2.45) is 0 Å². The van der Waals surface area contributed by atoms with Crippen LogP contribution in [0.5, 0.6) is 11.5 Å². The third kappa shape index (κ3) is 5.02. The van der Waals surface area contributed by atoms with E-state index in [-0.39, 0.29) is 5.91 Å². The maximum absolute atomic E-state index is 12.2. The van der Waals surface area contributed by atoms with Crippen molar-refractivity contribution >= 4 is 11.6 Å².